The van der Waals surface area contributed by atoms with Crippen LogP contribution >= 0.6 is 0 Å². The van der Waals surface area contributed by atoms with Gasteiger partial charge in [-0.15, -0.1) is 0 Å². The molecule has 1 fully saturated rings. The van der Waals surface area contributed by atoms with Gasteiger partial charge in [0.15, 0.2) is 0 Å². The molecule has 26 heavy (non-hydrogen) atoms. The van der Waals surface area contributed by atoms with E-state index >= 15 is 0 Å². The highest BCUT2D eigenvalue weighted by molar-refractivity contribution is 7.89. The Labute approximate surface area is 154 Å². The molecule has 6 heteroatoms. The molecule has 0 spiro atoms. The summed E-state index contributed by atoms with van der Waals surface area (Å²) in [7, 11) is -1.70. The summed E-state index contributed by atoms with van der Waals surface area (Å²) in [6.07, 6.45) is 3.44. The number of nitrogens with zero attached hydrogens (tertiary/aromatic N) is 3. The second-order valence-corrected chi connectivity index (χ2v) is 9.54. The Kier molecular flexibility index (Phi) is 3.75. The lowest BCUT2D eigenvalue weighted by Crippen LogP contribution is -2.57. The van der Waals surface area contributed by atoms with Gasteiger partial charge in [-0.05, 0) is 36.1 Å². The number of benzene rings is 1. The van der Waals surface area contributed by atoms with E-state index in [4.69, 9.17) is 0 Å². The molecular formula is C20H23N3O2S. The lowest BCUT2D eigenvalue weighted by molar-refractivity contribution is 0.0197. The van der Waals surface area contributed by atoms with Gasteiger partial charge in [-0.2, -0.15) is 4.31 Å². The first-order valence-electron chi connectivity index (χ1n) is 8.71. The first-order chi connectivity index (χ1) is 12.2. The first-order valence-corrected chi connectivity index (χ1v) is 10.1. The summed E-state index contributed by atoms with van der Waals surface area (Å²) < 4.78 is 30.9. The third-order valence-electron chi connectivity index (χ3n) is 5.52. The van der Waals surface area contributed by atoms with Crippen molar-refractivity contribution in [1.29, 1.82) is 0 Å². The van der Waals surface area contributed by atoms with Crippen molar-refractivity contribution in [3.05, 3.63) is 60.0 Å². The maximum Gasteiger partial charge on any atom is 0.246 e. The number of hydrogen-bond donors (Lipinski definition) is 0. The molecule has 1 aliphatic rings. The van der Waals surface area contributed by atoms with Crippen LogP contribution in [0.5, 0.6) is 0 Å². The van der Waals surface area contributed by atoms with Crippen molar-refractivity contribution in [2.75, 3.05) is 6.54 Å². The predicted octanol–water partition coefficient (Wildman–Crippen LogP) is 3.65. The number of sulfonamides is 1. The number of para-hydroxylation sites is 1. The monoisotopic (exact) mass is 369 g/mol. The fourth-order valence-electron chi connectivity index (χ4n) is 4.17. The van der Waals surface area contributed by atoms with E-state index < -0.39 is 10.0 Å². The van der Waals surface area contributed by atoms with E-state index in [1.54, 1.807) is 16.7 Å². The molecule has 0 aliphatic carbocycles. The topological polar surface area (TPSA) is 55.2 Å². The fraction of sp³-hybridized carbons (Fsp3) is 0.350. The van der Waals surface area contributed by atoms with E-state index in [0.717, 1.165) is 22.2 Å². The van der Waals surface area contributed by atoms with Crippen LogP contribution in [0.1, 0.15) is 31.1 Å². The Balaban J connectivity index is 1.87. The summed E-state index contributed by atoms with van der Waals surface area (Å²) in [5.41, 5.74) is 2.57. The molecule has 0 bridgehead atoms. The van der Waals surface area contributed by atoms with Crippen LogP contribution in [-0.2, 0) is 17.1 Å². The van der Waals surface area contributed by atoms with E-state index in [0.29, 0.717) is 11.4 Å². The molecule has 1 unspecified atom stereocenters. The van der Waals surface area contributed by atoms with E-state index in [1.807, 2.05) is 54.9 Å². The Morgan fingerprint density at radius 2 is 1.77 bits per heavy atom. The molecular weight excluding hydrogens is 346 g/mol. The van der Waals surface area contributed by atoms with Crippen LogP contribution in [0.2, 0.25) is 0 Å². The van der Waals surface area contributed by atoms with Crippen LogP contribution in [0.3, 0.4) is 0 Å². The molecule has 1 aliphatic heterocycles. The van der Waals surface area contributed by atoms with Crippen molar-refractivity contribution in [2.24, 2.45) is 12.5 Å². The molecule has 0 amide bonds. The van der Waals surface area contributed by atoms with Gasteiger partial charge in [-0.1, -0.05) is 32.0 Å². The van der Waals surface area contributed by atoms with Gasteiger partial charge >= 0.3 is 0 Å². The van der Waals surface area contributed by atoms with Gasteiger partial charge in [-0.25, -0.2) is 8.42 Å². The smallest absolute Gasteiger partial charge is 0.246 e. The maximum absolute atomic E-state index is 13.6. The molecule has 136 valence electrons. The minimum atomic E-state index is -3.61. The molecule has 3 heterocycles. The van der Waals surface area contributed by atoms with Crippen LogP contribution in [0.25, 0.3) is 10.9 Å². The van der Waals surface area contributed by atoms with Gasteiger partial charge in [0.2, 0.25) is 10.0 Å². The predicted molar refractivity (Wildman–Crippen MR) is 102 cm³/mol. The lowest BCUT2D eigenvalue weighted by atomic mass is 9.74. The van der Waals surface area contributed by atoms with Crippen LogP contribution < -0.4 is 0 Å². The number of fused-ring (bicyclic) bond motifs is 1. The molecule has 2 aromatic heterocycles. The van der Waals surface area contributed by atoms with Gasteiger partial charge in [-0.3, -0.25) is 4.98 Å². The SMILES string of the molecule is Cc1c(S(=O)(=O)N2CC(C)(C)C2c2ccncc2)c2ccccc2n1C. The number of pyridine rings is 1. The molecule has 3 aromatic rings. The zero-order valence-electron chi connectivity index (χ0n) is 15.5. The summed E-state index contributed by atoms with van der Waals surface area (Å²) >= 11 is 0. The van der Waals surface area contributed by atoms with E-state index in [9.17, 15) is 8.42 Å². The van der Waals surface area contributed by atoms with Crippen molar-refractivity contribution in [3.63, 3.8) is 0 Å². The highest BCUT2D eigenvalue weighted by Crippen LogP contribution is 2.51. The number of hydrogen-bond acceptors (Lipinski definition) is 3. The third-order valence-corrected chi connectivity index (χ3v) is 7.51. The Morgan fingerprint density at radius 3 is 2.42 bits per heavy atom. The zero-order valence-corrected chi connectivity index (χ0v) is 16.3. The average molecular weight is 369 g/mol. The van der Waals surface area contributed by atoms with Crippen molar-refractivity contribution in [2.45, 2.75) is 31.7 Å². The number of aryl methyl sites for hydroxylation is 1. The van der Waals surface area contributed by atoms with Crippen molar-refractivity contribution in [1.82, 2.24) is 13.9 Å². The molecule has 1 aromatic carbocycles. The summed E-state index contributed by atoms with van der Waals surface area (Å²) in [5, 5.41) is 0.783. The fourth-order valence-corrected chi connectivity index (χ4v) is 6.56. The quantitative estimate of drug-likeness (QED) is 0.708. The van der Waals surface area contributed by atoms with Gasteiger partial charge in [0.25, 0.3) is 0 Å². The van der Waals surface area contributed by atoms with E-state index in [-0.39, 0.29) is 11.5 Å². The van der Waals surface area contributed by atoms with Crippen LogP contribution in [0.4, 0.5) is 0 Å². The minimum Gasteiger partial charge on any atom is -0.347 e. The molecule has 1 atom stereocenters. The highest BCUT2D eigenvalue weighted by Gasteiger charge is 2.53. The molecule has 4 rings (SSSR count). The average Bonchev–Trinajstić information content (AvgIpc) is 2.86. The zero-order chi connectivity index (χ0) is 18.7. The van der Waals surface area contributed by atoms with Crippen molar-refractivity contribution in [3.8, 4) is 0 Å². The second kappa shape index (κ2) is 5.66. The van der Waals surface area contributed by atoms with Gasteiger partial charge in [0.05, 0.1) is 6.04 Å². The third kappa shape index (κ3) is 2.32. The molecule has 0 radical (unpaired) electrons. The van der Waals surface area contributed by atoms with Gasteiger partial charge in [0.1, 0.15) is 4.90 Å². The summed E-state index contributed by atoms with van der Waals surface area (Å²) in [5.74, 6) is 0. The summed E-state index contributed by atoms with van der Waals surface area (Å²) in [6.45, 7) is 6.60. The molecule has 0 N–H and O–H groups in total. The number of rotatable bonds is 3. The largest absolute Gasteiger partial charge is 0.347 e. The Hall–Kier alpha value is -2.18. The van der Waals surface area contributed by atoms with Crippen LogP contribution in [0, 0.1) is 12.3 Å². The maximum atomic E-state index is 13.6. The van der Waals surface area contributed by atoms with E-state index in [2.05, 4.69) is 18.8 Å². The first kappa shape index (κ1) is 17.2. The minimum absolute atomic E-state index is 0.118. The van der Waals surface area contributed by atoms with Gasteiger partial charge in [0, 0.05) is 42.6 Å². The Morgan fingerprint density at radius 1 is 1.12 bits per heavy atom. The second-order valence-electron chi connectivity index (χ2n) is 7.71. The van der Waals surface area contributed by atoms with Crippen molar-refractivity contribution < 1.29 is 8.42 Å². The lowest BCUT2D eigenvalue weighted by Gasteiger charge is -2.53. The summed E-state index contributed by atoms with van der Waals surface area (Å²) in [4.78, 5) is 4.49. The molecule has 5 nitrogen and oxygen atoms in total. The van der Waals surface area contributed by atoms with Gasteiger partial charge < -0.3 is 4.57 Å². The molecule has 0 saturated carbocycles. The standard InChI is InChI=1S/C20H23N3O2S/c1-14-18(16-7-5-6-8-17(16)22(14)4)26(24,25)23-13-20(2,3)19(23)15-9-11-21-12-10-15/h5-12,19H,13H2,1-4H3. The van der Waals surface area contributed by atoms with Crippen molar-refractivity contribution >= 4 is 20.9 Å². The van der Waals surface area contributed by atoms with E-state index in [1.165, 1.54) is 0 Å². The number of aromatic nitrogens is 2. The highest BCUT2D eigenvalue weighted by atomic mass is 32.2. The van der Waals surface area contributed by atoms with Crippen LogP contribution in [-0.4, -0.2) is 28.8 Å². The van der Waals surface area contributed by atoms with Crippen LogP contribution in [0.15, 0.2) is 53.7 Å². The molecule has 1 saturated heterocycles. The normalized spacial score (nSPS) is 20.2. The Bertz CT molecular complexity index is 1080. The summed E-state index contributed by atoms with van der Waals surface area (Å²) in [6, 6.07) is 11.3.